The minimum Gasteiger partial charge on any atom is -0.386 e. The van der Waals surface area contributed by atoms with E-state index < -0.39 is 5.60 Å². The molecule has 0 aliphatic carbocycles. The molecule has 3 rings (SSSR count). The number of carbonyl (C=O) groups excluding carboxylic acids is 1. The van der Waals surface area contributed by atoms with Crippen molar-refractivity contribution in [1.29, 1.82) is 0 Å². The number of rotatable bonds is 4. The van der Waals surface area contributed by atoms with Gasteiger partial charge in [-0.15, -0.1) is 0 Å². The van der Waals surface area contributed by atoms with Crippen molar-refractivity contribution in [3.63, 3.8) is 0 Å². The zero-order valence-electron chi connectivity index (χ0n) is 14.5. The summed E-state index contributed by atoms with van der Waals surface area (Å²) in [5.74, 6) is 0.913. The minimum atomic E-state index is -1.01. The maximum absolute atomic E-state index is 12.6. The van der Waals surface area contributed by atoms with Gasteiger partial charge in [0, 0.05) is 32.2 Å². The van der Waals surface area contributed by atoms with Crippen molar-refractivity contribution in [2.24, 2.45) is 0 Å². The molecule has 132 valence electrons. The molecule has 1 fully saturated rings. The van der Waals surface area contributed by atoms with Gasteiger partial charge in [0.2, 0.25) is 5.95 Å². The molecule has 8 heteroatoms. The standard InChI is InChI=1S/C17H22N6O2/c1-13-18-9-5-14(21-13)15(24)22(2)11-17(25)6-3-10-23(12-17)16-19-7-4-8-20-16/h4-5,7-9,25H,3,6,10-12H2,1-2H3/t17-/m1/s1. The van der Waals surface area contributed by atoms with Crippen LogP contribution in [0.3, 0.4) is 0 Å². The fourth-order valence-corrected chi connectivity index (χ4v) is 3.15. The van der Waals surface area contributed by atoms with Crippen LogP contribution in [-0.4, -0.2) is 68.1 Å². The molecule has 1 saturated heterocycles. The summed E-state index contributed by atoms with van der Waals surface area (Å²) in [6.07, 6.45) is 6.36. The molecule has 0 unspecified atom stereocenters. The average Bonchev–Trinajstić information content (AvgIpc) is 2.61. The number of aromatic nitrogens is 4. The number of carbonyl (C=O) groups is 1. The van der Waals surface area contributed by atoms with Crippen LogP contribution in [0.5, 0.6) is 0 Å². The van der Waals surface area contributed by atoms with Crippen LogP contribution < -0.4 is 4.90 Å². The first kappa shape index (κ1) is 17.2. The number of amides is 1. The topological polar surface area (TPSA) is 95.3 Å². The van der Waals surface area contributed by atoms with E-state index in [1.54, 1.807) is 44.7 Å². The predicted octanol–water partition coefficient (Wildman–Crippen LogP) is 0.679. The van der Waals surface area contributed by atoms with Gasteiger partial charge in [0.05, 0.1) is 18.7 Å². The van der Waals surface area contributed by atoms with Crippen LogP contribution in [0, 0.1) is 6.92 Å². The van der Waals surface area contributed by atoms with E-state index in [0.717, 1.165) is 13.0 Å². The SMILES string of the molecule is Cc1nccc(C(=O)N(C)C[C@]2(O)CCCN(c3ncccn3)C2)n1. The number of anilines is 1. The van der Waals surface area contributed by atoms with E-state index in [4.69, 9.17) is 0 Å². The fraction of sp³-hybridized carbons (Fsp3) is 0.471. The lowest BCUT2D eigenvalue weighted by Crippen LogP contribution is -2.55. The lowest BCUT2D eigenvalue weighted by atomic mass is 9.92. The van der Waals surface area contributed by atoms with E-state index in [0.29, 0.717) is 30.4 Å². The monoisotopic (exact) mass is 342 g/mol. The molecule has 0 aromatic carbocycles. The van der Waals surface area contributed by atoms with Crippen LogP contribution in [0.1, 0.15) is 29.2 Å². The second-order valence-electron chi connectivity index (χ2n) is 6.45. The number of hydrogen-bond donors (Lipinski definition) is 1. The molecule has 0 bridgehead atoms. The third-order valence-corrected chi connectivity index (χ3v) is 4.26. The maximum Gasteiger partial charge on any atom is 0.272 e. The van der Waals surface area contributed by atoms with Gasteiger partial charge < -0.3 is 14.9 Å². The van der Waals surface area contributed by atoms with E-state index in [9.17, 15) is 9.90 Å². The molecule has 1 amide bonds. The Kier molecular flexibility index (Phi) is 4.89. The molecule has 1 atom stereocenters. The minimum absolute atomic E-state index is 0.220. The fourth-order valence-electron chi connectivity index (χ4n) is 3.15. The Morgan fingerprint density at radius 2 is 2.08 bits per heavy atom. The van der Waals surface area contributed by atoms with E-state index in [2.05, 4.69) is 19.9 Å². The molecule has 25 heavy (non-hydrogen) atoms. The molecule has 8 nitrogen and oxygen atoms in total. The summed E-state index contributed by atoms with van der Waals surface area (Å²) in [7, 11) is 1.68. The number of hydrogen-bond acceptors (Lipinski definition) is 7. The summed E-state index contributed by atoms with van der Waals surface area (Å²) >= 11 is 0. The quantitative estimate of drug-likeness (QED) is 0.873. The Balaban J connectivity index is 1.69. The van der Waals surface area contributed by atoms with E-state index >= 15 is 0 Å². The van der Waals surface area contributed by atoms with Gasteiger partial charge in [-0.05, 0) is 31.9 Å². The molecule has 2 aromatic rings. The number of nitrogens with zero attached hydrogens (tertiary/aromatic N) is 6. The highest BCUT2D eigenvalue weighted by molar-refractivity contribution is 5.92. The Bertz CT molecular complexity index is 741. The number of aryl methyl sites for hydroxylation is 1. The highest BCUT2D eigenvalue weighted by Gasteiger charge is 2.36. The third kappa shape index (κ3) is 4.08. The van der Waals surface area contributed by atoms with Gasteiger partial charge in [-0.1, -0.05) is 0 Å². The summed E-state index contributed by atoms with van der Waals surface area (Å²) < 4.78 is 0. The van der Waals surface area contributed by atoms with Gasteiger partial charge in [0.15, 0.2) is 0 Å². The maximum atomic E-state index is 12.6. The van der Waals surface area contributed by atoms with Crippen molar-refractivity contribution >= 4 is 11.9 Å². The zero-order valence-corrected chi connectivity index (χ0v) is 14.5. The van der Waals surface area contributed by atoms with Crippen LogP contribution in [0.2, 0.25) is 0 Å². The smallest absolute Gasteiger partial charge is 0.272 e. The van der Waals surface area contributed by atoms with Crippen LogP contribution in [0.25, 0.3) is 0 Å². The first-order valence-corrected chi connectivity index (χ1v) is 8.26. The van der Waals surface area contributed by atoms with Crippen LogP contribution in [-0.2, 0) is 0 Å². The van der Waals surface area contributed by atoms with E-state index in [1.165, 1.54) is 4.90 Å². The third-order valence-electron chi connectivity index (χ3n) is 4.26. The summed E-state index contributed by atoms with van der Waals surface area (Å²) in [4.78, 5) is 32.7. The zero-order chi connectivity index (χ0) is 17.9. The van der Waals surface area contributed by atoms with Crippen LogP contribution >= 0.6 is 0 Å². The van der Waals surface area contributed by atoms with Crippen molar-refractivity contribution in [3.05, 3.63) is 42.2 Å². The lowest BCUT2D eigenvalue weighted by Gasteiger charge is -2.41. The van der Waals surface area contributed by atoms with Crippen molar-refractivity contribution in [1.82, 2.24) is 24.8 Å². The first-order valence-electron chi connectivity index (χ1n) is 8.26. The molecule has 0 saturated carbocycles. The van der Waals surface area contributed by atoms with Crippen LogP contribution in [0.4, 0.5) is 5.95 Å². The number of piperidine rings is 1. The Morgan fingerprint density at radius 3 is 2.80 bits per heavy atom. The first-order chi connectivity index (χ1) is 12.0. The lowest BCUT2D eigenvalue weighted by molar-refractivity contribution is -0.000448. The molecule has 1 N–H and O–H groups in total. The second kappa shape index (κ2) is 7.10. The number of β-amino-alcohol motifs (C(OH)–C–C–N with tert-alkyl or cyclic N) is 1. The van der Waals surface area contributed by atoms with Crippen molar-refractivity contribution in [2.45, 2.75) is 25.4 Å². The molecule has 1 aliphatic heterocycles. The molecular weight excluding hydrogens is 320 g/mol. The van der Waals surface area contributed by atoms with E-state index in [1.807, 2.05) is 4.90 Å². The molecule has 0 spiro atoms. The van der Waals surface area contributed by atoms with Gasteiger partial charge in [-0.25, -0.2) is 19.9 Å². The Morgan fingerprint density at radius 1 is 1.32 bits per heavy atom. The van der Waals surface area contributed by atoms with Gasteiger partial charge >= 0.3 is 0 Å². The van der Waals surface area contributed by atoms with E-state index in [-0.39, 0.29) is 12.5 Å². The average molecular weight is 342 g/mol. The van der Waals surface area contributed by atoms with Gasteiger partial charge in [-0.3, -0.25) is 4.79 Å². The largest absolute Gasteiger partial charge is 0.386 e. The molecular formula is C17H22N6O2. The van der Waals surface area contributed by atoms with Gasteiger partial charge in [0.25, 0.3) is 5.91 Å². The van der Waals surface area contributed by atoms with Crippen LogP contribution in [0.15, 0.2) is 30.7 Å². The number of aliphatic hydroxyl groups is 1. The predicted molar refractivity (Wildman–Crippen MR) is 92.2 cm³/mol. The van der Waals surface area contributed by atoms with Gasteiger partial charge in [0.1, 0.15) is 11.5 Å². The normalized spacial score (nSPS) is 20.4. The van der Waals surface area contributed by atoms with Gasteiger partial charge in [-0.2, -0.15) is 0 Å². The highest BCUT2D eigenvalue weighted by atomic mass is 16.3. The Hall–Kier alpha value is -2.61. The Labute approximate surface area is 146 Å². The highest BCUT2D eigenvalue weighted by Crippen LogP contribution is 2.24. The summed E-state index contributed by atoms with van der Waals surface area (Å²) in [5.41, 5.74) is -0.679. The summed E-state index contributed by atoms with van der Waals surface area (Å²) in [6, 6.07) is 3.34. The van der Waals surface area contributed by atoms with Crippen molar-refractivity contribution in [2.75, 3.05) is 31.6 Å². The molecule has 2 aromatic heterocycles. The molecule has 0 radical (unpaired) electrons. The number of likely N-dealkylation sites (N-methyl/N-ethyl adjacent to an activating group) is 1. The summed E-state index contributed by atoms with van der Waals surface area (Å²) in [5, 5.41) is 11.0. The summed E-state index contributed by atoms with van der Waals surface area (Å²) in [6.45, 7) is 3.13. The molecule has 1 aliphatic rings. The van der Waals surface area contributed by atoms with Crippen molar-refractivity contribution < 1.29 is 9.90 Å². The second-order valence-corrected chi connectivity index (χ2v) is 6.45. The van der Waals surface area contributed by atoms with Crippen molar-refractivity contribution in [3.8, 4) is 0 Å². The molecule has 3 heterocycles.